The predicted molar refractivity (Wildman–Crippen MR) is 72.0 cm³/mol. The molecule has 0 amide bonds. The molecular weight excluding hydrogens is 232 g/mol. The van der Waals surface area contributed by atoms with Crippen LogP contribution in [-0.2, 0) is 5.88 Å². The lowest BCUT2D eigenvalue weighted by molar-refractivity contribution is 0.481. The Kier molecular flexibility index (Phi) is 3.70. The lowest BCUT2D eigenvalue weighted by atomic mass is 10.1. The van der Waals surface area contributed by atoms with E-state index in [2.05, 4.69) is 19.9 Å². The Morgan fingerprint density at radius 1 is 0.882 bits per heavy atom. The Morgan fingerprint density at radius 2 is 1.47 bits per heavy atom. The van der Waals surface area contributed by atoms with E-state index in [1.54, 1.807) is 0 Å². The molecule has 0 aliphatic rings. The minimum atomic E-state index is 0.532. The molecule has 0 bridgehead atoms. The summed E-state index contributed by atoms with van der Waals surface area (Å²) in [5.41, 5.74) is 3.51. The molecule has 17 heavy (non-hydrogen) atoms. The van der Waals surface area contributed by atoms with Crippen LogP contribution in [0.25, 0.3) is 0 Å². The standard InChI is InChI=1S/C15H15ClO/c1-11-7-12(2)9-15(8-11)17-14-5-3-13(10-16)4-6-14/h3-9H,10H2,1-2H3. The number of alkyl halides is 1. The molecule has 0 saturated heterocycles. The third-order valence-corrected chi connectivity index (χ3v) is 2.82. The Balaban J connectivity index is 2.19. The maximum atomic E-state index is 5.80. The van der Waals surface area contributed by atoms with Gasteiger partial charge in [0.25, 0.3) is 0 Å². The summed E-state index contributed by atoms with van der Waals surface area (Å²) in [6.45, 7) is 4.13. The van der Waals surface area contributed by atoms with E-state index in [0.29, 0.717) is 5.88 Å². The van der Waals surface area contributed by atoms with E-state index in [1.165, 1.54) is 11.1 Å². The monoisotopic (exact) mass is 246 g/mol. The Hall–Kier alpha value is -1.47. The topological polar surface area (TPSA) is 9.23 Å². The van der Waals surface area contributed by atoms with Gasteiger partial charge in [-0.1, -0.05) is 18.2 Å². The highest BCUT2D eigenvalue weighted by Crippen LogP contribution is 2.24. The summed E-state index contributed by atoms with van der Waals surface area (Å²) in [6.07, 6.45) is 0. The zero-order valence-corrected chi connectivity index (χ0v) is 10.8. The van der Waals surface area contributed by atoms with E-state index in [1.807, 2.05) is 36.4 Å². The van der Waals surface area contributed by atoms with Crippen molar-refractivity contribution in [2.45, 2.75) is 19.7 Å². The van der Waals surface area contributed by atoms with Crippen molar-refractivity contribution in [1.82, 2.24) is 0 Å². The van der Waals surface area contributed by atoms with Gasteiger partial charge in [0.2, 0.25) is 0 Å². The number of benzene rings is 2. The van der Waals surface area contributed by atoms with E-state index in [9.17, 15) is 0 Å². The lowest BCUT2D eigenvalue weighted by Crippen LogP contribution is -1.87. The van der Waals surface area contributed by atoms with Gasteiger partial charge >= 0.3 is 0 Å². The third-order valence-electron chi connectivity index (χ3n) is 2.51. The number of halogens is 1. The van der Waals surface area contributed by atoms with E-state index >= 15 is 0 Å². The van der Waals surface area contributed by atoms with Crippen LogP contribution in [-0.4, -0.2) is 0 Å². The lowest BCUT2D eigenvalue weighted by Gasteiger charge is -2.08. The van der Waals surface area contributed by atoms with Gasteiger partial charge in [-0.25, -0.2) is 0 Å². The van der Waals surface area contributed by atoms with Gasteiger partial charge in [0.1, 0.15) is 11.5 Å². The molecular formula is C15H15ClO. The minimum Gasteiger partial charge on any atom is -0.457 e. The average Bonchev–Trinajstić information content (AvgIpc) is 2.28. The summed E-state index contributed by atoms with van der Waals surface area (Å²) >= 11 is 5.74. The predicted octanol–water partition coefficient (Wildman–Crippen LogP) is 4.83. The Bertz CT molecular complexity index is 483. The van der Waals surface area contributed by atoms with Crippen LogP contribution < -0.4 is 4.74 Å². The molecule has 0 spiro atoms. The molecule has 2 heteroatoms. The molecule has 2 aromatic carbocycles. The maximum Gasteiger partial charge on any atom is 0.127 e. The SMILES string of the molecule is Cc1cc(C)cc(Oc2ccc(CCl)cc2)c1. The molecule has 0 unspecified atom stereocenters. The zero-order chi connectivity index (χ0) is 12.3. The molecule has 0 atom stereocenters. The molecule has 0 aliphatic carbocycles. The second kappa shape index (κ2) is 5.24. The van der Waals surface area contributed by atoms with E-state index in [0.717, 1.165) is 17.1 Å². The van der Waals surface area contributed by atoms with Gasteiger partial charge in [0.05, 0.1) is 0 Å². The van der Waals surface area contributed by atoms with Crippen LogP contribution in [0.5, 0.6) is 11.5 Å². The summed E-state index contributed by atoms with van der Waals surface area (Å²) in [6, 6.07) is 14.0. The van der Waals surface area contributed by atoms with Gasteiger partial charge in [0, 0.05) is 5.88 Å². The molecule has 2 aromatic rings. The van der Waals surface area contributed by atoms with Crippen molar-refractivity contribution < 1.29 is 4.74 Å². The summed E-state index contributed by atoms with van der Waals surface area (Å²) in [5.74, 6) is 2.24. The molecule has 0 aromatic heterocycles. The largest absolute Gasteiger partial charge is 0.457 e. The van der Waals surface area contributed by atoms with E-state index < -0.39 is 0 Å². The van der Waals surface area contributed by atoms with Gasteiger partial charge in [-0.3, -0.25) is 0 Å². The van der Waals surface area contributed by atoms with Gasteiger partial charge in [-0.05, 0) is 54.8 Å². The highest BCUT2D eigenvalue weighted by atomic mass is 35.5. The van der Waals surface area contributed by atoms with Crippen molar-refractivity contribution in [3.8, 4) is 11.5 Å². The summed E-state index contributed by atoms with van der Waals surface area (Å²) in [7, 11) is 0. The van der Waals surface area contributed by atoms with Crippen LogP contribution in [0.1, 0.15) is 16.7 Å². The second-order valence-electron chi connectivity index (χ2n) is 4.20. The van der Waals surface area contributed by atoms with Crippen molar-refractivity contribution in [3.63, 3.8) is 0 Å². The van der Waals surface area contributed by atoms with Crippen molar-refractivity contribution in [3.05, 3.63) is 59.2 Å². The quantitative estimate of drug-likeness (QED) is 0.705. The first-order chi connectivity index (χ1) is 8.17. The summed E-state index contributed by atoms with van der Waals surface area (Å²) in [5, 5.41) is 0. The van der Waals surface area contributed by atoms with Crippen molar-refractivity contribution >= 4 is 11.6 Å². The number of rotatable bonds is 3. The normalized spacial score (nSPS) is 10.3. The number of hydrogen-bond acceptors (Lipinski definition) is 1. The highest BCUT2D eigenvalue weighted by Gasteiger charge is 1.99. The molecule has 0 fully saturated rings. The number of hydrogen-bond donors (Lipinski definition) is 0. The van der Waals surface area contributed by atoms with Gasteiger partial charge in [-0.2, -0.15) is 0 Å². The number of aryl methyl sites for hydroxylation is 2. The molecule has 0 radical (unpaired) electrons. The van der Waals surface area contributed by atoms with Crippen LogP contribution in [0.2, 0.25) is 0 Å². The average molecular weight is 247 g/mol. The second-order valence-corrected chi connectivity index (χ2v) is 4.47. The van der Waals surface area contributed by atoms with Crippen LogP contribution in [0.3, 0.4) is 0 Å². The van der Waals surface area contributed by atoms with Crippen molar-refractivity contribution in [1.29, 1.82) is 0 Å². The summed E-state index contributed by atoms with van der Waals surface area (Å²) in [4.78, 5) is 0. The highest BCUT2D eigenvalue weighted by molar-refractivity contribution is 6.17. The van der Waals surface area contributed by atoms with Gasteiger partial charge < -0.3 is 4.74 Å². The first-order valence-electron chi connectivity index (χ1n) is 5.58. The van der Waals surface area contributed by atoms with Crippen molar-refractivity contribution in [2.24, 2.45) is 0 Å². The molecule has 2 rings (SSSR count). The van der Waals surface area contributed by atoms with E-state index in [4.69, 9.17) is 16.3 Å². The van der Waals surface area contributed by atoms with Crippen LogP contribution >= 0.6 is 11.6 Å². The third kappa shape index (κ3) is 3.24. The fourth-order valence-electron chi connectivity index (χ4n) is 1.77. The first kappa shape index (κ1) is 12.0. The van der Waals surface area contributed by atoms with Gasteiger partial charge in [0.15, 0.2) is 0 Å². The molecule has 1 nitrogen and oxygen atoms in total. The van der Waals surface area contributed by atoms with E-state index in [-0.39, 0.29) is 0 Å². The fraction of sp³-hybridized carbons (Fsp3) is 0.200. The molecule has 0 aliphatic heterocycles. The Labute approximate surface area is 107 Å². The maximum absolute atomic E-state index is 5.80. The number of ether oxygens (including phenoxy) is 1. The molecule has 0 heterocycles. The molecule has 88 valence electrons. The van der Waals surface area contributed by atoms with Crippen molar-refractivity contribution in [2.75, 3.05) is 0 Å². The minimum absolute atomic E-state index is 0.532. The fourth-order valence-corrected chi connectivity index (χ4v) is 1.95. The van der Waals surface area contributed by atoms with Gasteiger partial charge in [-0.15, -0.1) is 11.6 Å². The molecule has 0 N–H and O–H groups in total. The van der Waals surface area contributed by atoms with Crippen LogP contribution in [0.15, 0.2) is 42.5 Å². The van der Waals surface area contributed by atoms with Crippen LogP contribution in [0, 0.1) is 13.8 Å². The smallest absolute Gasteiger partial charge is 0.127 e. The molecule has 0 saturated carbocycles. The zero-order valence-electron chi connectivity index (χ0n) is 10.0. The first-order valence-corrected chi connectivity index (χ1v) is 6.12. The Morgan fingerprint density at radius 3 is 2.00 bits per heavy atom. The summed E-state index contributed by atoms with van der Waals surface area (Å²) < 4.78 is 5.80. The van der Waals surface area contributed by atoms with Crippen LogP contribution in [0.4, 0.5) is 0 Å².